The number of nitrogens with one attached hydrogen (secondary N) is 1. The number of amides is 2. The minimum absolute atomic E-state index is 0.141. The predicted molar refractivity (Wildman–Crippen MR) is 97.6 cm³/mol. The summed E-state index contributed by atoms with van der Waals surface area (Å²) in [7, 11) is 0. The van der Waals surface area contributed by atoms with E-state index in [4.69, 9.17) is 5.26 Å². The fourth-order valence-electron chi connectivity index (χ4n) is 2.92. The number of pyridine rings is 1. The van der Waals surface area contributed by atoms with Crippen molar-refractivity contribution in [3.8, 4) is 6.07 Å². The van der Waals surface area contributed by atoms with E-state index in [1.807, 2.05) is 6.07 Å². The molecule has 2 amide bonds. The number of hydrogen-bond donors (Lipinski definition) is 1. The van der Waals surface area contributed by atoms with Gasteiger partial charge in [0.15, 0.2) is 0 Å². The van der Waals surface area contributed by atoms with Crippen LogP contribution < -0.4 is 5.32 Å². The number of likely N-dealkylation sites (tertiary alicyclic amines) is 1. The lowest BCUT2D eigenvalue weighted by Gasteiger charge is -2.30. The van der Waals surface area contributed by atoms with Gasteiger partial charge in [0.05, 0.1) is 11.6 Å². The first-order chi connectivity index (χ1) is 12.6. The van der Waals surface area contributed by atoms with Crippen LogP contribution in [0.5, 0.6) is 0 Å². The number of carbonyl (C=O) groups excluding carboxylic acids is 2. The second kappa shape index (κ2) is 7.79. The summed E-state index contributed by atoms with van der Waals surface area (Å²) >= 11 is 0. The molecule has 2 heterocycles. The van der Waals surface area contributed by atoms with E-state index in [1.165, 1.54) is 0 Å². The van der Waals surface area contributed by atoms with Crippen LogP contribution in [0.4, 0.5) is 5.69 Å². The van der Waals surface area contributed by atoms with Crippen molar-refractivity contribution in [2.75, 3.05) is 18.4 Å². The van der Waals surface area contributed by atoms with Gasteiger partial charge in [-0.2, -0.15) is 5.26 Å². The van der Waals surface area contributed by atoms with Gasteiger partial charge in [-0.1, -0.05) is 19.1 Å². The van der Waals surface area contributed by atoms with E-state index in [2.05, 4.69) is 17.2 Å². The summed E-state index contributed by atoms with van der Waals surface area (Å²) in [5.74, 6) is 0.0772. The highest BCUT2D eigenvalue weighted by atomic mass is 16.2. The quantitative estimate of drug-likeness (QED) is 0.923. The normalized spacial score (nSPS) is 14.5. The van der Waals surface area contributed by atoms with Gasteiger partial charge in [0.2, 0.25) is 0 Å². The van der Waals surface area contributed by atoms with Crippen LogP contribution in [0.15, 0.2) is 42.5 Å². The molecular formula is C20H20N4O2. The summed E-state index contributed by atoms with van der Waals surface area (Å²) < 4.78 is 0. The molecule has 1 N–H and O–H groups in total. The van der Waals surface area contributed by atoms with Crippen molar-refractivity contribution in [3.63, 3.8) is 0 Å². The van der Waals surface area contributed by atoms with Crippen molar-refractivity contribution < 1.29 is 9.59 Å². The lowest BCUT2D eigenvalue weighted by atomic mass is 9.99. The summed E-state index contributed by atoms with van der Waals surface area (Å²) in [6, 6.07) is 13.5. The number of hydrogen-bond acceptors (Lipinski definition) is 4. The molecule has 1 aliphatic rings. The van der Waals surface area contributed by atoms with Gasteiger partial charge in [-0.15, -0.1) is 0 Å². The maximum atomic E-state index is 12.6. The number of benzene rings is 1. The van der Waals surface area contributed by atoms with Crippen molar-refractivity contribution in [2.45, 2.75) is 19.8 Å². The topological polar surface area (TPSA) is 86.1 Å². The molecule has 1 aliphatic heterocycles. The molecule has 0 saturated carbocycles. The van der Waals surface area contributed by atoms with E-state index < -0.39 is 5.91 Å². The third-order valence-electron chi connectivity index (χ3n) is 4.52. The highest BCUT2D eigenvalue weighted by Crippen LogP contribution is 2.18. The van der Waals surface area contributed by atoms with Gasteiger partial charge in [0, 0.05) is 18.8 Å². The maximum absolute atomic E-state index is 12.6. The SMILES string of the molecule is CC1CCN(C(=O)c2cccc(C(=O)Nc3cccc(C#N)c3)n2)CC1. The molecule has 0 radical (unpaired) electrons. The minimum atomic E-state index is -0.415. The predicted octanol–water partition coefficient (Wildman–Crippen LogP) is 3.08. The summed E-state index contributed by atoms with van der Waals surface area (Å²) in [6.45, 7) is 3.63. The minimum Gasteiger partial charge on any atom is -0.337 e. The molecule has 0 spiro atoms. The number of nitriles is 1. The average molecular weight is 348 g/mol. The second-order valence-corrected chi connectivity index (χ2v) is 6.53. The summed E-state index contributed by atoms with van der Waals surface area (Å²) in [4.78, 5) is 31.1. The first-order valence-corrected chi connectivity index (χ1v) is 8.64. The zero-order valence-electron chi connectivity index (χ0n) is 14.6. The van der Waals surface area contributed by atoms with Crippen LogP contribution in [0, 0.1) is 17.2 Å². The van der Waals surface area contributed by atoms with E-state index in [0.29, 0.717) is 17.2 Å². The molecule has 0 bridgehead atoms. The van der Waals surface area contributed by atoms with Crippen molar-refractivity contribution in [1.82, 2.24) is 9.88 Å². The van der Waals surface area contributed by atoms with Gasteiger partial charge < -0.3 is 10.2 Å². The average Bonchev–Trinajstić information content (AvgIpc) is 2.68. The lowest BCUT2D eigenvalue weighted by molar-refractivity contribution is 0.0691. The smallest absolute Gasteiger partial charge is 0.274 e. The highest BCUT2D eigenvalue weighted by molar-refractivity contribution is 6.03. The van der Waals surface area contributed by atoms with Gasteiger partial charge in [-0.25, -0.2) is 4.98 Å². The van der Waals surface area contributed by atoms with Gasteiger partial charge in [-0.3, -0.25) is 9.59 Å². The molecule has 132 valence electrons. The zero-order chi connectivity index (χ0) is 18.5. The van der Waals surface area contributed by atoms with Crippen LogP contribution >= 0.6 is 0 Å². The number of piperidine rings is 1. The second-order valence-electron chi connectivity index (χ2n) is 6.53. The number of nitrogens with zero attached hydrogens (tertiary/aromatic N) is 3. The van der Waals surface area contributed by atoms with Crippen molar-refractivity contribution in [1.29, 1.82) is 5.26 Å². The molecule has 1 aromatic heterocycles. The lowest BCUT2D eigenvalue weighted by Crippen LogP contribution is -2.38. The molecule has 1 saturated heterocycles. The Morgan fingerprint density at radius 2 is 1.85 bits per heavy atom. The largest absolute Gasteiger partial charge is 0.337 e. The van der Waals surface area contributed by atoms with E-state index in [-0.39, 0.29) is 17.3 Å². The molecule has 3 rings (SSSR count). The van der Waals surface area contributed by atoms with E-state index >= 15 is 0 Å². The Hall–Kier alpha value is -3.20. The van der Waals surface area contributed by atoms with Crippen LogP contribution in [0.25, 0.3) is 0 Å². The Bertz CT molecular complexity index is 864. The fourth-order valence-corrected chi connectivity index (χ4v) is 2.92. The third kappa shape index (κ3) is 4.06. The molecule has 0 atom stereocenters. The maximum Gasteiger partial charge on any atom is 0.274 e. The van der Waals surface area contributed by atoms with Crippen LogP contribution in [0.2, 0.25) is 0 Å². The molecular weight excluding hydrogens is 328 g/mol. The molecule has 0 unspecified atom stereocenters. The number of aromatic nitrogens is 1. The standard InChI is InChI=1S/C20H20N4O2/c1-14-8-10-24(11-9-14)20(26)18-7-3-6-17(23-18)19(25)22-16-5-2-4-15(12-16)13-21/h2-7,12,14H,8-11H2,1H3,(H,22,25). The molecule has 6 nitrogen and oxygen atoms in total. The molecule has 1 fully saturated rings. The van der Waals surface area contributed by atoms with E-state index in [1.54, 1.807) is 47.4 Å². The third-order valence-corrected chi connectivity index (χ3v) is 4.52. The fraction of sp³-hybridized carbons (Fsp3) is 0.300. The number of rotatable bonds is 3. The monoisotopic (exact) mass is 348 g/mol. The van der Waals surface area contributed by atoms with Crippen molar-refractivity contribution >= 4 is 17.5 Å². The Morgan fingerprint density at radius 1 is 1.15 bits per heavy atom. The summed E-state index contributed by atoms with van der Waals surface area (Å²) in [5, 5.41) is 11.6. The molecule has 1 aromatic carbocycles. The zero-order valence-corrected chi connectivity index (χ0v) is 14.6. The number of carbonyl (C=O) groups is 2. The highest BCUT2D eigenvalue weighted by Gasteiger charge is 2.23. The van der Waals surface area contributed by atoms with Crippen LogP contribution in [-0.2, 0) is 0 Å². The first kappa shape index (κ1) is 17.6. The first-order valence-electron chi connectivity index (χ1n) is 8.64. The Kier molecular flexibility index (Phi) is 5.28. The Morgan fingerprint density at radius 3 is 2.58 bits per heavy atom. The van der Waals surface area contributed by atoms with E-state index in [9.17, 15) is 9.59 Å². The van der Waals surface area contributed by atoms with Crippen LogP contribution in [0.3, 0.4) is 0 Å². The summed E-state index contributed by atoms with van der Waals surface area (Å²) in [6.07, 6.45) is 1.97. The van der Waals surface area contributed by atoms with Gasteiger partial charge in [0.25, 0.3) is 11.8 Å². The Labute approximate surface area is 152 Å². The van der Waals surface area contributed by atoms with E-state index in [0.717, 1.165) is 25.9 Å². The van der Waals surface area contributed by atoms with Gasteiger partial charge in [-0.05, 0) is 49.1 Å². The van der Waals surface area contributed by atoms with Crippen molar-refractivity contribution in [3.05, 3.63) is 59.4 Å². The van der Waals surface area contributed by atoms with Crippen molar-refractivity contribution in [2.24, 2.45) is 5.92 Å². The molecule has 6 heteroatoms. The summed E-state index contributed by atoms with van der Waals surface area (Å²) in [5.41, 5.74) is 1.41. The van der Waals surface area contributed by atoms with Crippen LogP contribution in [-0.4, -0.2) is 34.8 Å². The molecule has 26 heavy (non-hydrogen) atoms. The van der Waals surface area contributed by atoms with Gasteiger partial charge in [0.1, 0.15) is 11.4 Å². The number of anilines is 1. The molecule has 2 aromatic rings. The van der Waals surface area contributed by atoms with Gasteiger partial charge >= 0.3 is 0 Å². The Balaban J connectivity index is 1.73. The molecule has 0 aliphatic carbocycles. The van der Waals surface area contributed by atoms with Crippen LogP contribution in [0.1, 0.15) is 46.3 Å².